The summed E-state index contributed by atoms with van der Waals surface area (Å²) in [5.74, 6) is -1.12. The highest BCUT2D eigenvalue weighted by atomic mass is 35.5. The number of halogens is 2. The Balaban J connectivity index is 1.83. The lowest BCUT2D eigenvalue weighted by molar-refractivity contribution is -0.116. The number of carbonyl (C=O) groups is 1. The van der Waals surface area contributed by atoms with Gasteiger partial charge in [0, 0.05) is 16.6 Å². The topological polar surface area (TPSA) is 51.1 Å². The van der Waals surface area contributed by atoms with E-state index in [0.29, 0.717) is 5.39 Å². The van der Waals surface area contributed by atoms with Crippen LogP contribution in [-0.4, -0.2) is 10.5 Å². The Morgan fingerprint density at radius 3 is 2.74 bits per heavy atom. The molecule has 0 spiro atoms. The molecule has 3 aromatic rings. The van der Waals surface area contributed by atoms with Gasteiger partial charge in [-0.3, -0.25) is 9.59 Å². The summed E-state index contributed by atoms with van der Waals surface area (Å²) < 4.78 is 15.0. The minimum Gasteiger partial charge on any atom is -0.322 e. The van der Waals surface area contributed by atoms with Crippen molar-refractivity contribution in [2.45, 2.75) is 6.54 Å². The Labute approximate surface area is 136 Å². The fourth-order valence-electron chi connectivity index (χ4n) is 2.29. The number of pyridine rings is 1. The minimum atomic E-state index is -0.628. The van der Waals surface area contributed by atoms with Crippen LogP contribution in [0.5, 0.6) is 0 Å². The molecule has 0 radical (unpaired) electrons. The number of carbonyl (C=O) groups excluding carboxylic acids is 1. The summed E-state index contributed by atoms with van der Waals surface area (Å²) in [4.78, 5) is 24.4. The number of amides is 1. The first-order valence-corrected chi connectivity index (χ1v) is 7.25. The van der Waals surface area contributed by atoms with Crippen molar-refractivity contribution < 1.29 is 9.18 Å². The summed E-state index contributed by atoms with van der Waals surface area (Å²) in [6.45, 7) is -0.203. The molecular weight excluding hydrogens is 319 g/mol. The SMILES string of the molecule is O=C(Cn1ccc2ccccc2c1=O)Nc1ccc(Cl)cc1F. The van der Waals surface area contributed by atoms with E-state index < -0.39 is 11.7 Å². The molecule has 1 amide bonds. The molecular formula is C17H12ClFN2O2. The van der Waals surface area contributed by atoms with Crippen LogP contribution in [0.1, 0.15) is 0 Å². The molecule has 0 aliphatic heterocycles. The highest BCUT2D eigenvalue weighted by molar-refractivity contribution is 6.30. The fraction of sp³-hybridized carbons (Fsp3) is 0.0588. The lowest BCUT2D eigenvalue weighted by atomic mass is 10.2. The molecule has 0 bridgehead atoms. The lowest BCUT2D eigenvalue weighted by Crippen LogP contribution is -2.27. The average Bonchev–Trinajstić information content (AvgIpc) is 2.53. The molecule has 0 saturated carbocycles. The molecule has 0 saturated heterocycles. The Kier molecular flexibility index (Phi) is 4.12. The predicted octanol–water partition coefficient (Wildman–Crippen LogP) is 3.43. The third-order valence-corrected chi connectivity index (χ3v) is 3.64. The normalized spacial score (nSPS) is 10.7. The average molecular weight is 331 g/mol. The van der Waals surface area contributed by atoms with Crippen molar-refractivity contribution in [2.24, 2.45) is 0 Å². The second-order valence-corrected chi connectivity index (χ2v) is 5.44. The largest absolute Gasteiger partial charge is 0.322 e. The smallest absolute Gasteiger partial charge is 0.258 e. The van der Waals surface area contributed by atoms with E-state index in [1.807, 2.05) is 12.1 Å². The zero-order chi connectivity index (χ0) is 16.4. The van der Waals surface area contributed by atoms with E-state index in [-0.39, 0.29) is 22.8 Å². The number of aromatic nitrogens is 1. The van der Waals surface area contributed by atoms with Gasteiger partial charge in [0.1, 0.15) is 12.4 Å². The van der Waals surface area contributed by atoms with E-state index in [1.54, 1.807) is 24.4 Å². The van der Waals surface area contributed by atoms with Crippen molar-refractivity contribution in [1.82, 2.24) is 4.57 Å². The van der Waals surface area contributed by atoms with Gasteiger partial charge in [0.15, 0.2) is 0 Å². The number of fused-ring (bicyclic) bond motifs is 1. The maximum atomic E-state index is 13.7. The van der Waals surface area contributed by atoms with E-state index in [4.69, 9.17) is 11.6 Å². The van der Waals surface area contributed by atoms with Gasteiger partial charge in [-0.15, -0.1) is 0 Å². The monoisotopic (exact) mass is 330 g/mol. The second kappa shape index (κ2) is 6.22. The second-order valence-electron chi connectivity index (χ2n) is 5.01. The van der Waals surface area contributed by atoms with E-state index in [9.17, 15) is 14.0 Å². The van der Waals surface area contributed by atoms with E-state index in [2.05, 4.69) is 5.32 Å². The Morgan fingerprint density at radius 2 is 1.96 bits per heavy atom. The number of hydrogen-bond acceptors (Lipinski definition) is 2. The quantitative estimate of drug-likeness (QED) is 0.800. The molecule has 0 atom stereocenters. The van der Waals surface area contributed by atoms with Gasteiger partial charge in [0.05, 0.1) is 5.69 Å². The first-order chi connectivity index (χ1) is 11.0. The molecule has 0 unspecified atom stereocenters. The van der Waals surface area contributed by atoms with Crippen LogP contribution in [0, 0.1) is 5.82 Å². The van der Waals surface area contributed by atoms with Gasteiger partial charge in [-0.2, -0.15) is 0 Å². The molecule has 4 nitrogen and oxygen atoms in total. The number of nitrogens with zero attached hydrogens (tertiary/aromatic N) is 1. The van der Waals surface area contributed by atoms with Crippen molar-refractivity contribution in [3.05, 3.63) is 75.9 Å². The van der Waals surface area contributed by atoms with Crippen molar-refractivity contribution >= 4 is 34.0 Å². The number of hydrogen-bond donors (Lipinski definition) is 1. The molecule has 6 heteroatoms. The van der Waals surface area contributed by atoms with Crippen LogP contribution < -0.4 is 10.9 Å². The van der Waals surface area contributed by atoms with Gasteiger partial charge in [-0.1, -0.05) is 29.8 Å². The molecule has 116 valence electrons. The predicted molar refractivity (Wildman–Crippen MR) is 88.2 cm³/mol. The fourth-order valence-corrected chi connectivity index (χ4v) is 2.45. The van der Waals surface area contributed by atoms with Crippen LogP contribution in [-0.2, 0) is 11.3 Å². The maximum Gasteiger partial charge on any atom is 0.258 e. The van der Waals surface area contributed by atoms with Gasteiger partial charge in [0.25, 0.3) is 5.56 Å². The van der Waals surface area contributed by atoms with Gasteiger partial charge in [0.2, 0.25) is 5.91 Å². The Hall–Kier alpha value is -2.66. The van der Waals surface area contributed by atoms with Gasteiger partial charge < -0.3 is 9.88 Å². The van der Waals surface area contributed by atoms with Crippen molar-refractivity contribution in [1.29, 1.82) is 0 Å². The van der Waals surface area contributed by atoms with Gasteiger partial charge in [-0.25, -0.2) is 4.39 Å². The van der Waals surface area contributed by atoms with Crippen LogP contribution in [0.25, 0.3) is 10.8 Å². The number of nitrogens with one attached hydrogen (secondary N) is 1. The zero-order valence-corrected chi connectivity index (χ0v) is 12.7. The summed E-state index contributed by atoms with van der Waals surface area (Å²) in [5, 5.41) is 4.00. The number of anilines is 1. The van der Waals surface area contributed by atoms with Crippen molar-refractivity contribution in [3.63, 3.8) is 0 Å². The first kappa shape index (κ1) is 15.2. The molecule has 3 rings (SSSR count). The molecule has 1 N–H and O–H groups in total. The molecule has 0 aliphatic rings. The first-order valence-electron chi connectivity index (χ1n) is 6.88. The van der Waals surface area contributed by atoms with Crippen molar-refractivity contribution in [3.8, 4) is 0 Å². The lowest BCUT2D eigenvalue weighted by Gasteiger charge is -2.09. The summed E-state index contributed by atoms with van der Waals surface area (Å²) in [5.41, 5.74) is -0.247. The van der Waals surface area contributed by atoms with Gasteiger partial charge in [-0.05, 0) is 35.7 Å². The number of rotatable bonds is 3. The van der Waals surface area contributed by atoms with Crippen molar-refractivity contribution in [2.75, 3.05) is 5.32 Å². The van der Waals surface area contributed by atoms with Crippen LogP contribution >= 0.6 is 11.6 Å². The van der Waals surface area contributed by atoms with Gasteiger partial charge >= 0.3 is 0 Å². The summed E-state index contributed by atoms with van der Waals surface area (Å²) in [6, 6.07) is 12.8. The Morgan fingerprint density at radius 1 is 1.17 bits per heavy atom. The van der Waals surface area contributed by atoms with E-state index in [0.717, 1.165) is 11.5 Å². The molecule has 0 aliphatic carbocycles. The zero-order valence-electron chi connectivity index (χ0n) is 11.9. The maximum absolute atomic E-state index is 13.7. The minimum absolute atomic E-state index is 0.0215. The third-order valence-electron chi connectivity index (χ3n) is 3.41. The molecule has 23 heavy (non-hydrogen) atoms. The molecule has 0 fully saturated rings. The molecule has 1 heterocycles. The Bertz CT molecular complexity index is 953. The summed E-state index contributed by atoms with van der Waals surface area (Å²) in [7, 11) is 0. The third kappa shape index (κ3) is 3.24. The highest BCUT2D eigenvalue weighted by Gasteiger charge is 2.10. The van der Waals surface area contributed by atoms with Crippen LogP contribution in [0.4, 0.5) is 10.1 Å². The van der Waals surface area contributed by atoms with E-state index in [1.165, 1.54) is 16.7 Å². The number of benzene rings is 2. The van der Waals surface area contributed by atoms with Crippen LogP contribution in [0.3, 0.4) is 0 Å². The van der Waals surface area contributed by atoms with E-state index >= 15 is 0 Å². The highest BCUT2D eigenvalue weighted by Crippen LogP contribution is 2.18. The molecule has 1 aromatic heterocycles. The standard InChI is InChI=1S/C17H12ClFN2O2/c18-12-5-6-15(14(19)9-12)20-16(22)10-21-8-7-11-3-1-2-4-13(11)17(21)23/h1-9H,10H2,(H,20,22). The summed E-state index contributed by atoms with van der Waals surface area (Å²) in [6.07, 6.45) is 1.54. The van der Waals surface area contributed by atoms with Crippen LogP contribution in [0.15, 0.2) is 59.5 Å². The van der Waals surface area contributed by atoms with Crippen LogP contribution in [0.2, 0.25) is 5.02 Å². The molecule has 2 aromatic carbocycles. The summed E-state index contributed by atoms with van der Waals surface area (Å²) >= 11 is 5.66.